The number of nitrogens with one attached hydrogen (secondary N) is 1. The van der Waals surface area contributed by atoms with Gasteiger partial charge in [-0.3, -0.25) is 4.68 Å². The number of aryl methyl sites for hydroxylation is 1. The highest BCUT2D eigenvalue weighted by Crippen LogP contribution is 2.47. The van der Waals surface area contributed by atoms with Crippen molar-refractivity contribution in [1.82, 2.24) is 15.1 Å². The molecule has 0 aliphatic heterocycles. The molecular formula is C16H29N3. The van der Waals surface area contributed by atoms with E-state index in [9.17, 15) is 0 Å². The van der Waals surface area contributed by atoms with Crippen molar-refractivity contribution in [3.05, 3.63) is 18.0 Å². The van der Waals surface area contributed by atoms with E-state index in [0.29, 0.717) is 5.41 Å². The minimum atomic E-state index is 0.198. The number of nitrogens with zero attached hydrogens (tertiary/aromatic N) is 2. The zero-order chi connectivity index (χ0) is 14.1. The maximum atomic E-state index is 4.40. The fourth-order valence-corrected chi connectivity index (χ4v) is 2.74. The van der Waals surface area contributed by atoms with Gasteiger partial charge in [-0.15, -0.1) is 0 Å². The number of rotatable bonds is 6. The van der Waals surface area contributed by atoms with Crippen LogP contribution in [0.1, 0.15) is 53.0 Å². The highest BCUT2D eigenvalue weighted by Gasteiger charge is 2.41. The first-order chi connectivity index (χ1) is 8.82. The quantitative estimate of drug-likeness (QED) is 0.854. The van der Waals surface area contributed by atoms with Crippen LogP contribution in [0.3, 0.4) is 0 Å². The third-order valence-corrected chi connectivity index (χ3v) is 4.20. The molecule has 0 saturated heterocycles. The number of hydrogen-bond acceptors (Lipinski definition) is 2. The minimum Gasteiger partial charge on any atom is -0.312 e. The zero-order valence-corrected chi connectivity index (χ0v) is 13.2. The van der Waals surface area contributed by atoms with E-state index >= 15 is 0 Å². The van der Waals surface area contributed by atoms with Gasteiger partial charge >= 0.3 is 0 Å². The second-order valence-electron chi connectivity index (χ2n) is 7.41. The van der Waals surface area contributed by atoms with Crippen LogP contribution < -0.4 is 5.32 Å². The van der Waals surface area contributed by atoms with Crippen LogP contribution in [0.25, 0.3) is 0 Å². The second-order valence-corrected chi connectivity index (χ2v) is 7.41. The fraction of sp³-hybridized carbons (Fsp3) is 0.812. The average Bonchev–Trinajstić information content (AvgIpc) is 3.09. The first-order valence-electron chi connectivity index (χ1n) is 7.59. The molecule has 1 aromatic heterocycles. The Labute approximate surface area is 117 Å². The normalized spacial score (nSPS) is 19.4. The van der Waals surface area contributed by atoms with Gasteiger partial charge in [0.1, 0.15) is 0 Å². The predicted octanol–water partition coefficient (Wildman–Crippen LogP) is 3.25. The molecule has 1 aliphatic rings. The van der Waals surface area contributed by atoms with Crippen molar-refractivity contribution in [3.8, 4) is 0 Å². The molecule has 3 nitrogen and oxygen atoms in total. The maximum Gasteiger partial charge on any atom is 0.0521 e. The highest BCUT2D eigenvalue weighted by atomic mass is 15.3. The molecule has 1 atom stereocenters. The lowest BCUT2D eigenvalue weighted by Crippen LogP contribution is -2.44. The molecular weight excluding hydrogens is 234 g/mol. The van der Waals surface area contributed by atoms with E-state index in [1.807, 2.05) is 10.9 Å². The van der Waals surface area contributed by atoms with Gasteiger partial charge in [0.2, 0.25) is 0 Å². The summed E-state index contributed by atoms with van der Waals surface area (Å²) in [6.07, 6.45) is 8.17. The van der Waals surface area contributed by atoms with Gasteiger partial charge in [-0.25, -0.2) is 0 Å². The van der Waals surface area contributed by atoms with Crippen molar-refractivity contribution < 1.29 is 0 Å². The Morgan fingerprint density at radius 1 is 1.32 bits per heavy atom. The fourth-order valence-electron chi connectivity index (χ4n) is 2.74. The lowest BCUT2D eigenvalue weighted by atomic mass is 9.79. The van der Waals surface area contributed by atoms with E-state index in [-0.39, 0.29) is 5.54 Å². The van der Waals surface area contributed by atoms with E-state index in [0.717, 1.165) is 25.4 Å². The van der Waals surface area contributed by atoms with E-state index in [4.69, 9.17) is 0 Å². The number of hydrogen-bond donors (Lipinski definition) is 1. The molecule has 19 heavy (non-hydrogen) atoms. The van der Waals surface area contributed by atoms with E-state index in [2.05, 4.69) is 51.2 Å². The summed E-state index contributed by atoms with van der Waals surface area (Å²) in [4.78, 5) is 0. The lowest BCUT2D eigenvalue weighted by molar-refractivity contribution is 0.227. The smallest absolute Gasteiger partial charge is 0.0521 e. The SMILES string of the molecule is CCn1cc(CC(C)(CNC(C)(C)C)C2CC2)cn1. The van der Waals surface area contributed by atoms with Crippen LogP contribution in [-0.4, -0.2) is 21.9 Å². The van der Waals surface area contributed by atoms with Crippen LogP contribution in [0, 0.1) is 11.3 Å². The molecule has 0 radical (unpaired) electrons. The molecule has 0 spiro atoms. The van der Waals surface area contributed by atoms with Crippen LogP contribution in [0.5, 0.6) is 0 Å². The molecule has 3 heteroatoms. The predicted molar refractivity (Wildman–Crippen MR) is 80.2 cm³/mol. The molecule has 2 rings (SSSR count). The summed E-state index contributed by atoms with van der Waals surface area (Å²) in [7, 11) is 0. The summed E-state index contributed by atoms with van der Waals surface area (Å²) >= 11 is 0. The molecule has 1 aromatic rings. The molecule has 0 bridgehead atoms. The lowest BCUT2D eigenvalue weighted by Gasteiger charge is -2.34. The Morgan fingerprint density at radius 3 is 2.47 bits per heavy atom. The van der Waals surface area contributed by atoms with Crippen LogP contribution in [0.15, 0.2) is 12.4 Å². The second kappa shape index (κ2) is 5.28. The van der Waals surface area contributed by atoms with Crippen molar-refractivity contribution in [2.24, 2.45) is 11.3 Å². The van der Waals surface area contributed by atoms with E-state index in [1.165, 1.54) is 18.4 Å². The molecule has 1 saturated carbocycles. The Morgan fingerprint density at radius 2 is 2.00 bits per heavy atom. The maximum absolute atomic E-state index is 4.40. The van der Waals surface area contributed by atoms with Crippen LogP contribution in [0.2, 0.25) is 0 Å². The summed E-state index contributed by atoms with van der Waals surface area (Å²) in [5.41, 5.74) is 1.95. The van der Waals surface area contributed by atoms with Crippen molar-refractivity contribution in [1.29, 1.82) is 0 Å². The van der Waals surface area contributed by atoms with Gasteiger partial charge < -0.3 is 5.32 Å². The average molecular weight is 263 g/mol. The van der Waals surface area contributed by atoms with Gasteiger partial charge in [-0.1, -0.05) is 6.92 Å². The third-order valence-electron chi connectivity index (χ3n) is 4.20. The highest BCUT2D eigenvalue weighted by molar-refractivity contribution is 5.10. The van der Waals surface area contributed by atoms with Gasteiger partial charge in [0.25, 0.3) is 0 Å². The topological polar surface area (TPSA) is 29.9 Å². The molecule has 108 valence electrons. The van der Waals surface area contributed by atoms with Crippen molar-refractivity contribution in [3.63, 3.8) is 0 Å². The summed E-state index contributed by atoms with van der Waals surface area (Å²) in [6.45, 7) is 13.4. The largest absolute Gasteiger partial charge is 0.312 e. The monoisotopic (exact) mass is 263 g/mol. The van der Waals surface area contributed by atoms with Gasteiger partial charge in [-0.05, 0) is 63.9 Å². The van der Waals surface area contributed by atoms with Gasteiger partial charge in [0.05, 0.1) is 6.20 Å². The van der Waals surface area contributed by atoms with Crippen molar-refractivity contribution in [2.75, 3.05) is 6.54 Å². The molecule has 1 fully saturated rings. The van der Waals surface area contributed by atoms with Crippen molar-refractivity contribution >= 4 is 0 Å². The Balaban J connectivity index is 2.02. The van der Waals surface area contributed by atoms with Crippen LogP contribution in [0.4, 0.5) is 0 Å². The minimum absolute atomic E-state index is 0.198. The summed E-state index contributed by atoms with van der Waals surface area (Å²) in [5.74, 6) is 0.882. The van der Waals surface area contributed by atoms with Crippen molar-refractivity contribution in [2.45, 2.75) is 66.0 Å². The van der Waals surface area contributed by atoms with Gasteiger partial charge in [0.15, 0.2) is 0 Å². The van der Waals surface area contributed by atoms with Crippen LogP contribution >= 0.6 is 0 Å². The Hall–Kier alpha value is -0.830. The van der Waals surface area contributed by atoms with Gasteiger partial charge in [0, 0.05) is 24.8 Å². The summed E-state index contributed by atoms with van der Waals surface area (Å²) in [5, 5.41) is 8.10. The Bertz CT molecular complexity index is 412. The summed E-state index contributed by atoms with van der Waals surface area (Å²) in [6, 6.07) is 0. The van der Waals surface area contributed by atoms with Gasteiger partial charge in [-0.2, -0.15) is 5.10 Å². The van der Waals surface area contributed by atoms with E-state index in [1.54, 1.807) is 0 Å². The van der Waals surface area contributed by atoms with E-state index < -0.39 is 0 Å². The zero-order valence-electron chi connectivity index (χ0n) is 13.2. The third kappa shape index (κ3) is 4.07. The first kappa shape index (κ1) is 14.6. The molecule has 0 aromatic carbocycles. The molecule has 1 aliphatic carbocycles. The first-order valence-corrected chi connectivity index (χ1v) is 7.59. The standard InChI is InChI=1S/C16H29N3/c1-6-19-11-13(10-18-19)9-16(5,14-7-8-14)12-17-15(2,3)4/h10-11,14,17H,6-9,12H2,1-5H3. The molecule has 1 heterocycles. The summed E-state index contributed by atoms with van der Waals surface area (Å²) < 4.78 is 2.03. The Kier molecular flexibility index (Phi) is 4.05. The van der Waals surface area contributed by atoms with Crippen LogP contribution in [-0.2, 0) is 13.0 Å². The molecule has 1 N–H and O–H groups in total. The molecule has 0 amide bonds. The number of aromatic nitrogens is 2. The molecule has 1 unspecified atom stereocenters.